The maximum Gasteiger partial charge on any atom is 0.418 e. The second kappa shape index (κ2) is 7.33. The van der Waals surface area contributed by atoms with Crippen molar-refractivity contribution in [3.8, 4) is 0 Å². The molecule has 118 valence electrons. The zero-order valence-corrected chi connectivity index (χ0v) is 12.5. The average molecular weight is 302 g/mol. The minimum absolute atomic E-state index is 0.0110. The lowest BCUT2D eigenvalue weighted by atomic mass is 10.1. The third-order valence-corrected chi connectivity index (χ3v) is 3.11. The highest BCUT2D eigenvalue weighted by Gasteiger charge is 2.34. The molecule has 0 aromatic heterocycles. The van der Waals surface area contributed by atoms with Crippen molar-refractivity contribution in [2.24, 2.45) is 5.92 Å². The summed E-state index contributed by atoms with van der Waals surface area (Å²) in [6, 6.07) is 3.59. The van der Waals surface area contributed by atoms with E-state index in [1.165, 1.54) is 19.2 Å². The number of amides is 1. The fourth-order valence-corrected chi connectivity index (χ4v) is 2.05. The lowest BCUT2D eigenvalue weighted by Crippen LogP contribution is -2.26. The van der Waals surface area contributed by atoms with Crippen LogP contribution in [0, 0.1) is 5.92 Å². The predicted molar refractivity (Wildman–Crippen MR) is 77.4 cm³/mol. The average Bonchev–Trinajstić information content (AvgIpc) is 2.41. The van der Waals surface area contributed by atoms with Gasteiger partial charge in [0, 0.05) is 13.6 Å². The number of para-hydroxylation sites is 1. The summed E-state index contributed by atoms with van der Waals surface area (Å²) in [6.07, 6.45) is -2.73. The molecule has 1 aromatic carbocycles. The number of nitrogens with one attached hydrogen (secondary N) is 2. The molecule has 6 heteroatoms. The van der Waals surface area contributed by atoms with Crippen molar-refractivity contribution < 1.29 is 18.0 Å². The third kappa shape index (κ3) is 4.95. The van der Waals surface area contributed by atoms with Crippen molar-refractivity contribution in [2.75, 3.05) is 18.9 Å². The van der Waals surface area contributed by atoms with Crippen LogP contribution in [0.4, 0.5) is 18.9 Å². The number of benzene rings is 1. The van der Waals surface area contributed by atoms with Crippen LogP contribution < -0.4 is 10.6 Å². The van der Waals surface area contributed by atoms with Crippen molar-refractivity contribution >= 4 is 11.6 Å². The van der Waals surface area contributed by atoms with Gasteiger partial charge in [-0.25, -0.2) is 0 Å². The Labute approximate surface area is 122 Å². The van der Waals surface area contributed by atoms with Gasteiger partial charge in [-0.2, -0.15) is 13.2 Å². The molecule has 0 saturated carbocycles. The van der Waals surface area contributed by atoms with Gasteiger partial charge >= 0.3 is 6.18 Å². The molecule has 0 aliphatic heterocycles. The van der Waals surface area contributed by atoms with E-state index < -0.39 is 17.6 Å². The van der Waals surface area contributed by atoms with Crippen molar-refractivity contribution in [2.45, 2.75) is 32.9 Å². The molecule has 21 heavy (non-hydrogen) atoms. The first kappa shape index (κ1) is 17.3. The zero-order chi connectivity index (χ0) is 16.0. The van der Waals surface area contributed by atoms with Crippen LogP contribution in [0.2, 0.25) is 0 Å². The third-order valence-electron chi connectivity index (χ3n) is 3.11. The summed E-state index contributed by atoms with van der Waals surface area (Å²) >= 11 is 0. The van der Waals surface area contributed by atoms with Crippen LogP contribution in [0.25, 0.3) is 0 Å². The Balaban J connectivity index is 2.85. The summed E-state index contributed by atoms with van der Waals surface area (Å²) in [6.45, 7) is 4.61. The van der Waals surface area contributed by atoms with Crippen molar-refractivity contribution in [1.29, 1.82) is 0 Å². The zero-order valence-electron chi connectivity index (χ0n) is 12.5. The maximum atomic E-state index is 12.9. The quantitative estimate of drug-likeness (QED) is 0.782. The molecule has 0 fully saturated rings. The highest BCUT2D eigenvalue weighted by molar-refractivity contribution is 6.00. The first-order chi connectivity index (χ1) is 9.77. The monoisotopic (exact) mass is 302 g/mol. The number of halogens is 3. The lowest BCUT2D eigenvalue weighted by molar-refractivity contribution is -0.136. The van der Waals surface area contributed by atoms with Crippen molar-refractivity contribution in [3.63, 3.8) is 0 Å². The van der Waals surface area contributed by atoms with Gasteiger partial charge in [0.15, 0.2) is 0 Å². The fourth-order valence-electron chi connectivity index (χ4n) is 2.05. The van der Waals surface area contributed by atoms with Gasteiger partial charge in [0.1, 0.15) is 0 Å². The maximum absolute atomic E-state index is 12.9. The van der Waals surface area contributed by atoms with E-state index >= 15 is 0 Å². The molecule has 0 aliphatic carbocycles. The second-order valence-electron chi connectivity index (χ2n) is 5.27. The number of carbonyl (C=O) groups excluding carboxylic acids is 1. The van der Waals surface area contributed by atoms with Crippen molar-refractivity contribution in [3.05, 3.63) is 29.3 Å². The Morgan fingerprint density at radius 1 is 1.29 bits per heavy atom. The number of hydrogen-bond donors (Lipinski definition) is 2. The molecule has 0 atom stereocenters. The molecular formula is C15H21F3N2O. The number of rotatable bonds is 6. The Hall–Kier alpha value is -1.72. The van der Waals surface area contributed by atoms with Gasteiger partial charge in [-0.15, -0.1) is 0 Å². The first-order valence-electron chi connectivity index (χ1n) is 6.93. The Kier molecular flexibility index (Phi) is 6.05. The fraction of sp³-hybridized carbons (Fsp3) is 0.533. The molecule has 0 bridgehead atoms. The lowest BCUT2D eigenvalue weighted by Gasteiger charge is -2.16. The van der Waals surface area contributed by atoms with E-state index in [9.17, 15) is 18.0 Å². The van der Waals surface area contributed by atoms with E-state index in [4.69, 9.17) is 0 Å². The Morgan fingerprint density at radius 3 is 2.48 bits per heavy atom. The summed E-state index contributed by atoms with van der Waals surface area (Å²) in [5.74, 6) is 0.0394. The first-order valence-corrected chi connectivity index (χ1v) is 6.93. The summed E-state index contributed by atoms with van der Waals surface area (Å²) < 4.78 is 38.7. The molecule has 1 amide bonds. The van der Waals surface area contributed by atoms with Crippen LogP contribution in [0.5, 0.6) is 0 Å². The van der Waals surface area contributed by atoms with Gasteiger partial charge in [-0.3, -0.25) is 4.79 Å². The minimum atomic E-state index is -4.49. The molecule has 0 saturated heterocycles. The summed E-state index contributed by atoms with van der Waals surface area (Å²) in [4.78, 5) is 12.0. The van der Waals surface area contributed by atoms with Crippen LogP contribution in [-0.4, -0.2) is 19.5 Å². The number of anilines is 1. The van der Waals surface area contributed by atoms with Crippen LogP contribution in [0.1, 0.15) is 42.6 Å². The van der Waals surface area contributed by atoms with Gasteiger partial charge in [0.2, 0.25) is 0 Å². The summed E-state index contributed by atoms with van der Waals surface area (Å²) in [7, 11) is 1.38. The Morgan fingerprint density at radius 2 is 1.95 bits per heavy atom. The molecule has 0 heterocycles. The number of carbonyl (C=O) groups is 1. The van der Waals surface area contributed by atoms with Crippen LogP contribution in [0.15, 0.2) is 18.2 Å². The van der Waals surface area contributed by atoms with E-state index in [1.807, 2.05) is 0 Å². The largest absolute Gasteiger partial charge is 0.418 e. The highest BCUT2D eigenvalue weighted by atomic mass is 19.4. The smallest absolute Gasteiger partial charge is 0.387 e. The molecule has 3 nitrogen and oxygen atoms in total. The summed E-state index contributed by atoms with van der Waals surface area (Å²) in [5, 5.41) is 5.14. The van der Waals surface area contributed by atoms with Gasteiger partial charge in [-0.05, 0) is 30.9 Å². The normalized spacial score (nSPS) is 11.6. The van der Waals surface area contributed by atoms with Crippen molar-refractivity contribution in [1.82, 2.24) is 5.32 Å². The van der Waals surface area contributed by atoms with Crippen LogP contribution >= 0.6 is 0 Å². The van der Waals surface area contributed by atoms with Gasteiger partial charge in [-0.1, -0.05) is 19.9 Å². The topological polar surface area (TPSA) is 41.1 Å². The molecule has 0 unspecified atom stereocenters. The van der Waals surface area contributed by atoms with E-state index in [1.54, 1.807) is 0 Å². The predicted octanol–water partition coefficient (Wildman–Crippen LogP) is 3.91. The number of alkyl halides is 3. The SMILES string of the molecule is CNc1c(C(=O)NCCCC(C)C)cccc1C(F)(F)F. The molecule has 0 aliphatic rings. The van der Waals surface area contributed by atoms with Gasteiger partial charge in [0.25, 0.3) is 5.91 Å². The molecule has 0 spiro atoms. The molecule has 0 radical (unpaired) electrons. The van der Waals surface area contributed by atoms with E-state index in [0.717, 1.165) is 18.9 Å². The summed E-state index contributed by atoms with van der Waals surface area (Å²) in [5.41, 5.74) is -1.01. The van der Waals surface area contributed by atoms with Gasteiger partial charge in [0.05, 0.1) is 16.8 Å². The standard InChI is InChI=1S/C15H21F3N2O/c1-10(2)6-5-9-20-14(21)11-7-4-8-12(13(11)19-3)15(16,17)18/h4,7-8,10,19H,5-6,9H2,1-3H3,(H,20,21). The molecule has 1 aromatic rings. The molecule has 1 rings (SSSR count). The van der Waals surface area contributed by atoms with E-state index in [-0.39, 0.29) is 11.3 Å². The Bertz CT molecular complexity index is 484. The van der Waals surface area contributed by atoms with Crippen LogP contribution in [0.3, 0.4) is 0 Å². The molecule has 2 N–H and O–H groups in total. The molecular weight excluding hydrogens is 281 g/mol. The highest BCUT2D eigenvalue weighted by Crippen LogP contribution is 2.36. The van der Waals surface area contributed by atoms with E-state index in [0.29, 0.717) is 12.5 Å². The van der Waals surface area contributed by atoms with E-state index in [2.05, 4.69) is 24.5 Å². The number of hydrogen-bond acceptors (Lipinski definition) is 2. The van der Waals surface area contributed by atoms with Gasteiger partial charge < -0.3 is 10.6 Å². The van der Waals surface area contributed by atoms with Crippen LogP contribution in [-0.2, 0) is 6.18 Å². The minimum Gasteiger partial charge on any atom is -0.387 e. The second-order valence-corrected chi connectivity index (χ2v) is 5.27.